The molecule has 0 aromatic heterocycles. The number of aryl methyl sites for hydroxylation is 3. The molecular weight excluding hydrogens is 351 g/mol. The molecule has 1 aromatic rings. The SMILES string of the molecule is Cc1cc(C)c(OC2=C(C(C)(C)C)C=CC2)c(C)c1.[Cl-].[Cl-].[Ti+2]. The first-order valence-electron chi connectivity index (χ1n) is 6.95. The summed E-state index contributed by atoms with van der Waals surface area (Å²) in [5, 5.41) is 0. The van der Waals surface area contributed by atoms with Gasteiger partial charge in [-0.15, -0.1) is 0 Å². The van der Waals surface area contributed by atoms with Crippen LogP contribution >= 0.6 is 0 Å². The molecule has 0 heterocycles. The average molecular weight is 375 g/mol. The molecule has 0 saturated heterocycles. The molecule has 1 aromatic carbocycles. The van der Waals surface area contributed by atoms with E-state index in [2.05, 4.69) is 65.8 Å². The molecule has 0 fully saturated rings. The quantitative estimate of drug-likeness (QED) is 0.619. The fraction of sp³-hybridized carbons (Fsp3) is 0.444. The fourth-order valence-electron chi connectivity index (χ4n) is 2.70. The van der Waals surface area contributed by atoms with Crippen molar-refractivity contribution in [3.63, 3.8) is 0 Å². The van der Waals surface area contributed by atoms with Gasteiger partial charge in [0.05, 0.1) is 0 Å². The third-order valence-electron chi connectivity index (χ3n) is 3.53. The molecule has 0 amide bonds. The van der Waals surface area contributed by atoms with Crippen LogP contribution in [0, 0.1) is 26.2 Å². The summed E-state index contributed by atoms with van der Waals surface area (Å²) in [4.78, 5) is 0. The van der Waals surface area contributed by atoms with E-state index in [1.807, 2.05) is 0 Å². The summed E-state index contributed by atoms with van der Waals surface area (Å²) < 4.78 is 6.25. The minimum Gasteiger partial charge on any atom is -1.00 e. The molecule has 0 spiro atoms. The average Bonchev–Trinajstić information content (AvgIpc) is 2.70. The van der Waals surface area contributed by atoms with Crippen molar-refractivity contribution in [3.8, 4) is 5.75 Å². The summed E-state index contributed by atoms with van der Waals surface area (Å²) in [6.07, 6.45) is 5.29. The van der Waals surface area contributed by atoms with Crippen molar-refractivity contribution in [1.29, 1.82) is 0 Å². The van der Waals surface area contributed by atoms with Gasteiger partial charge in [-0.3, -0.25) is 0 Å². The number of allylic oxidation sites excluding steroid dienone is 3. The molecular formula is C18H24Cl2OTi. The number of benzene rings is 1. The first-order valence-corrected chi connectivity index (χ1v) is 6.95. The van der Waals surface area contributed by atoms with Crippen molar-refractivity contribution in [2.75, 3.05) is 0 Å². The van der Waals surface area contributed by atoms with Gasteiger partial charge in [0.1, 0.15) is 11.5 Å². The Labute approximate surface area is 162 Å². The molecule has 1 nitrogen and oxygen atoms in total. The van der Waals surface area contributed by atoms with E-state index in [1.54, 1.807) is 0 Å². The molecule has 1 aliphatic rings. The molecule has 0 saturated carbocycles. The van der Waals surface area contributed by atoms with Gasteiger partial charge in [0.2, 0.25) is 0 Å². The molecule has 2 rings (SSSR count). The second-order valence-corrected chi connectivity index (χ2v) is 6.52. The zero-order valence-electron chi connectivity index (χ0n) is 14.2. The van der Waals surface area contributed by atoms with Gasteiger partial charge >= 0.3 is 21.7 Å². The monoisotopic (exact) mass is 374 g/mol. The van der Waals surface area contributed by atoms with Crippen LogP contribution in [0.15, 0.2) is 35.6 Å². The number of hydrogen-bond donors (Lipinski definition) is 0. The van der Waals surface area contributed by atoms with Crippen LogP contribution in [0.1, 0.15) is 43.9 Å². The third kappa shape index (κ3) is 5.46. The van der Waals surface area contributed by atoms with E-state index in [9.17, 15) is 0 Å². The molecule has 0 atom stereocenters. The zero-order valence-corrected chi connectivity index (χ0v) is 17.3. The summed E-state index contributed by atoms with van der Waals surface area (Å²) in [6.45, 7) is 13.1. The van der Waals surface area contributed by atoms with E-state index in [0.717, 1.165) is 17.9 Å². The van der Waals surface area contributed by atoms with Crippen LogP contribution in [-0.4, -0.2) is 0 Å². The Kier molecular flexibility index (Phi) is 10.0. The van der Waals surface area contributed by atoms with E-state index in [-0.39, 0.29) is 51.9 Å². The van der Waals surface area contributed by atoms with Gasteiger partial charge in [-0.1, -0.05) is 50.6 Å². The number of ether oxygens (including phenoxy) is 1. The normalized spacial score (nSPS) is 13.2. The predicted octanol–water partition coefficient (Wildman–Crippen LogP) is -0.744. The summed E-state index contributed by atoms with van der Waals surface area (Å²) in [5.41, 5.74) is 5.16. The fourth-order valence-corrected chi connectivity index (χ4v) is 2.70. The van der Waals surface area contributed by atoms with Gasteiger partial charge in [0.25, 0.3) is 0 Å². The smallest absolute Gasteiger partial charge is 1.00 e. The van der Waals surface area contributed by atoms with E-state index in [1.165, 1.54) is 22.3 Å². The molecule has 0 unspecified atom stereocenters. The standard InChI is InChI=1S/C18H24O.2ClH.Ti/c1-12-10-13(2)17(14(3)11-12)19-16-9-7-8-15(16)18(4,5)6;;;/h7-8,10-11H,9H2,1-6H3;2*1H;/q;;;+2/p-2. The Morgan fingerprint density at radius 3 is 1.91 bits per heavy atom. The van der Waals surface area contributed by atoms with Crippen LogP contribution in [0.25, 0.3) is 0 Å². The van der Waals surface area contributed by atoms with Crippen LogP contribution in [0.4, 0.5) is 0 Å². The Bertz CT molecular complexity index is 546. The molecule has 0 N–H and O–H groups in total. The maximum Gasteiger partial charge on any atom is 2.00 e. The van der Waals surface area contributed by atoms with Gasteiger partial charge in [0, 0.05) is 6.42 Å². The summed E-state index contributed by atoms with van der Waals surface area (Å²) in [5.74, 6) is 2.12. The number of rotatable bonds is 2. The van der Waals surface area contributed by atoms with E-state index in [4.69, 9.17) is 4.74 Å². The molecule has 120 valence electrons. The van der Waals surface area contributed by atoms with E-state index in [0.29, 0.717) is 0 Å². The van der Waals surface area contributed by atoms with Crippen LogP contribution in [-0.2, 0) is 21.7 Å². The third-order valence-corrected chi connectivity index (χ3v) is 3.53. The maximum absolute atomic E-state index is 6.25. The topological polar surface area (TPSA) is 9.23 Å². The Hall–Kier alpha value is -0.206. The minimum atomic E-state index is 0. The Balaban J connectivity index is 0. The van der Waals surface area contributed by atoms with E-state index < -0.39 is 0 Å². The number of halogens is 2. The maximum atomic E-state index is 6.25. The summed E-state index contributed by atoms with van der Waals surface area (Å²) in [7, 11) is 0. The van der Waals surface area contributed by atoms with Crippen LogP contribution in [0.3, 0.4) is 0 Å². The summed E-state index contributed by atoms with van der Waals surface area (Å²) in [6, 6.07) is 4.37. The zero-order chi connectivity index (χ0) is 14.2. The van der Waals surface area contributed by atoms with Crippen molar-refractivity contribution >= 4 is 0 Å². The number of hydrogen-bond acceptors (Lipinski definition) is 1. The molecule has 22 heavy (non-hydrogen) atoms. The Morgan fingerprint density at radius 2 is 1.45 bits per heavy atom. The van der Waals surface area contributed by atoms with Crippen molar-refractivity contribution in [2.24, 2.45) is 5.41 Å². The molecule has 0 aliphatic heterocycles. The van der Waals surface area contributed by atoms with Crippen molar-refractivity contribution in [1.82, 2.24) is 0 Å². The van der Waals surface area contributed by atoms with E-state index >= 15 is 0 Å². The second kappa shape index (κ2) is 9.18. The molecule has 0 radical (unpaired) electrons. The Morgan fingerprint density at radius 1 is 0.955 bits per heavy atom. The van der Waals surface area contributed by atoms with Gasteiger partial charge in [-0.2, -0.15) is 0 Å². The first kappa shape index (κ1) is 24.1. The molecule has 1 aliphatic carbocycles. The largest absolute Gasteiger partial charge is 2.00 e. The molecule has 0 bridgehead atoms. The van der Waals surface area contributed by atoms with Crippen LogP contribution in [0.5, 0.6) is 5.75 Å². The van der Waals surface area contributed by atoms with Gasteiger partial charge in [-0.05, 0) is 42.9 Å². The van der Waals surface area contributed by atoms with Crippen molar-refractivity contribution < 1.29 is 51.3 Å². The van der Waals surface area contributed by atoms with Gasteiger partial charge in [-0.25, -0.2) is 0 Å². The van der Waals surface area contributed by atoms with Crippen molar-refractivity contribution in [3.05, 3.63) is 52.3 Å². The minimum absolute atomic E-state index is 0. The van der Waals surface area contributed by atoms with Gasteiger partial charge < -0.3 is 29.6 Å². The molecule has 4 heteroatoms. The van der Waals surface area contributed by atoms with Gasteiger partial charge in [0.15, 0.2) is 0 Å². The first-order chi connectivity index (χ1) is 8.79. The second-order valence-electron chi connectivity index (χ2n) is 6.52. The summed E-state index contributed by atoms with van der Waals surface area (Å²) >= 11 is 0. The van der Waals surface area contributed by atoms with Crippen LogP contribution in [0.2, 0.25) is 0 Å². The van der Waals surface area contributed by atoms with Crippen LogP contribution < -0.4 is 29.6 Å². The van der Waals surface area contributed by atoms with Crippen molar-refractivity contribution in [2.45, 2.75) is 48.0 Å². The predicted molar refractivity (Wildman–Crippen MR) is 81.5 cm³/mol.